The fraction of sp³-hybridized carbons (Fsp3) is 0.529. The summed E-state index contributed by atoms with van der Waals surface area (Å²) >= 11 is 5.99. The van der Waals surface area contributed by atoms with Crippen molar-refractivity contribution >= 4 is 53.4 Å². The van der Waals surface area contributed by atoms with Crippen LogP contribution in [0.15, 0.2) is 22.6 Å². The fourth-order valence-corrected chi connectivity index (χ4v) is 3.12. The molecular formula is C17H24Cl3N3O3. The number of likely N-dealkylation sites (tertiary alicyclic amines) is 1. The summed E-state index contributed by atoms with van der Waals surface area (Å²) in [6.07, 6.45) is 1.73. The van der Waals surface area contributed by atoms with E-state index in [4.69, 9.17) is 20.8 Å². The van der Waals surface area contributed by atoms with Crippen molar-refractivity contribution in [1.29, 1.82) is 0 Å². The van der Waals surface area contributed by atoms with Crippen molar-refractivity contribution in [3.63, 3.8) is 0 Å². The lowest BCUT2D eigenvalue weighted by atomic mass is 9.97. The van der Waals surface area contributed by atoms with Gasteiger partial charge in [-0.05, 0) is 31.0 Å². The molecule has 1 aromatic carbocycles. The van der Waals surface area contributed by atoms with E-state index in [1.807, 2.05) is 17.0 Å². The number of amides is 1. The van der Waals surface area contributed by atoms with E-state index in [-0.39, 0.29) is 36.6 Å². The number of rotatable bonds is 6. The number of nitrogens with one attached hydrogen (secondary N) is 1. The van der Waals surface area contributed by atoms with Gasteiger partial charge in [0.25, 0.3) is 0 Å². The molecule has 0 spiro atoms. The third-order valence-electron chi connectivity index (χ3n) is 4.32. The number of aromatic nitrogens is 1. The maximum Gasteiger partial charge on any atom is 0.236 e. The molecule has 1 saturated heterocycles. The molecular weight excluding hydrogens is 401 g/mol. The van der Waals surface area contributed by atoms with Crippen LogP contribution in [-0.4, -0.2) is 55.7 Å². The lowest BCUT2D eigenvalue weighted by Gasteiger charge is -2.30. The Balaban J connectivity index is 0.00000169. The SMILES string of the molecule is COCCNCC(=O)N1CCC(c2nc3cc(Cl)ccc3o2)CC1.Cl.Cl. The monoisotopic (exact) mass is 423 g/mol. The highest BCUT2D eigenvalue weighted by atomic mass is 35.5. The smallest absolute Gasteiger partial charge is 0.236 e. The number of hydrogen-bond acceptors (Lipinski definition) is 5. The van der Waals surface area contributed by atoms with Gasteiger partial charge in [-0.25, -0.2) is 4.98 Å². The van der Waals surface area contributed by atoms with Crippen LogP contribution < -0.4 is 5.32 Å². The lowest BCUT2D eigenvalue weighted by Crippen LogP contribution is -2.43. The molecule has 0 bridgehead atoms. The summed E-state index contributed by atoms with van der Waals surface area (Å²) < 4.78 is 10.8. The third-order valence-corrected chi connectivity index (χ3v) is 4.56. The average molecular weight is 425 g/mol. The number of benzene rings is 1. The topological polar surface area (TPSA) is 67.6 Å². The summed E-state index contributed by atoms with van der Waals surface area (Å²) in [4.78, 5) is 18.6. The van der Waals surface area contributed by atoms with Gasteiger partial charge in [0, 0.05) is 37.7 Å². The minimum Gasteiger partial charge on any atom is -0.440 e. The van der Waals surface area contributed by atoms with Crippen LogP contribution >= 0.6 is 36.4 Å². The zero-order valence-electron chi connectivity index (χ0n) is 14.6. The number of hydrogen-bond donors (Lipinski definition) is 1. The van der Waals surface area contributed by atoms with Gasteiger partial charge in [0.15, 0.2) is 11.5 Å². The predicted molar refractivity (Wildman–Crippen MR) is 107 cm³/mol. The molecule has 6 nitrogen and oxygen atoms in total. The number of piperidine rings is 1. The number of carbonyl (C=O) groups is 1. The van der Waals surface area contributed by atoms with Crippen LogP contribution in [0.25, 0.3) is 11.1 Å². The van der Waals surface area contributed by atoms with Crippen molar-refractivity contribution in [3.05, 3.63) is 29.1 Å². The Labute approximate surface area is 170 Å². The quantitative estimate of drug-likeness (QED) is 0.721. The molecule has 0 atom stereocenters. The molecule has 1 N–H and O–H groups in total. The highest BCUT2D eigenvalue weighted by Gasteiger charge is 2.26. The summed E-state index contributed by atoms with van der Waals surface area (Å²) in [5.41, 5.74) is 1.55. The molecule has 0 aliphatic carbocycles. The molecule has 1 amide bonds. The first-order valence-corrected chi connectivity index (χ1v) is 8.58. The van der Waals surface area contributed by atoms with E-state index in [1.54, 1.807) is 13.2 Å². The number of oxazole rings is 1. The maximum absolute atomic E-state index is 12.2. The Morgan fingerprint density at radius 1 is 1.38 bits per heavy atom. The molecule has 26 heavy (non-hydrogen) atoms. The first-order chi connectivity index (χ1) is 11.7. The summed E-state index contributed by atoms with van der Waals surface area (Å²) in [7, 11) is 1.65. The molecule has 3 rings (SSSR count). The molecule has 0 saturated carbocycles. The van der Waals surface area contributed by atoms with Crippen molar-refractivity contribution < 1.29 is 13.9 Å². The molecule has 146 valence electrons. The zero-order chi connectivity index (χ0) is 16.9. The number of halogens is 3. The van der Waals surface area contributed by atoms with Crippen LogP contribution in [0.3, 0.4) is 0 Å². The Hall–Kier alpha value is -1.05. The van der Waals surface area contributed by atoms with Crippen LogP contribution in [0.4, 0.5) is 0 Å². The van der Waals surface area contributed by atoms with E-state index in [9.17, 15) is 4.79 Å². The number of fused-ring (bicyclic) bond motifs is 1. The maximum atomic E-state index is 12.2. The van der Waals surface area contributed by atoms with E-state index in [2.05, 4.69) is 10.3 Å². The number of nitrogens with zero attached hydrogens (tertiary/aromatic N) is 2. The van der Waals surface area contributed by atoms with Crippen LogP contribution in [-0.2, 0) is 9.53 Å². The first kappa shape index (κ1) is 23.0. The largest absolute Gasteiger partial charge is 0.440 e. The van der Waals surface area contributed by atoms with Crippen LogP contribution in [0.2, 0.25) is 5.02 Å². The van der Waals surface area contributed by atoms with Gasteiger partial charge in [-0.1, -0.05) is 11.6 Å². The van der Waals surface area contributed by atoms with Gasteiger partial charge in [-0.3, -0.25) is 4.79 Å². The highest BCUT2D eigenvalue weighted by molar-refractivity contribution is 6.31. The van der Waals surface area contributed by atoms with Gasteiger partial charge in [-0.2, -0.15) is 0 Å². The van der Waals surface area contributed by atoms with Crippen molar-refractivity contribution in [3.8, 4) is 0 Å². The molecule has 1 aliphatic heterocycles. The van der Waals surface area contributed by atoms with Gasteiger partial charge in [0.2, 0.25) is 5.91 Å². The van der Waals surface area contributed by atoms with Gasteiger partial charge in [-0.15, -0.1) is 24.8 Å². The summed E-state index contributed by atoms with van der Waals surface area (Å²) in [5.74, 6) is 1.13. The van der Waals surface area contributed by atoms with Crippen molar-refractivity contribution in [2.45, 2.75) is 18.8 Å². The summed E-state index contributed by atoms with van der Waals surface area (Å²) in [6, 6.07) is 5.46. The van der Waals surface area contributed by atoms with Gasteiger partial charge < -0.3 is 19.4 Å². The van der Waals surface area contributed by atoms with E-state index < -0.39 is 0 Å². The Kier molecular flexibility index (Phi) is 9.68. The summed E-state index contributed by atoms with van der Waals surface area (Å²) in [5, 5.41) is 3.75. The lowest BCUT2D eigenvalue weighted by molar-refractivity contribution is -0.131. The Bertz CT molecular complexity index is 703. The predicted octanol–water partition coefficient (Wildman–Crippen LogP) is 3.27. The average Bonchev–Trinajstić information content (AvgIpc) is 3.02. The number of ether oxygens (including phenoxy) is 1. The molecule has 0 radical (unpaired) electrons. The van der Waals surface area contributed by atoms with E-state index >= 15 is 0 Å². The zero-order valence-corrected chi connectivity index (χ0v) is 17.0. The number of methoxy groups -OCH3 is 1. The van der Waals surface area contributed by atoms with Crippen molar-refractivity contribution in [2.75, 3.05) is 39.9 Å². The van der Waals surface area contributed by atoms with Crippen LogP contribution in [0, 0.1) is 0 Å². The van der Waals surface area contributed by atoms with Gasteiger partial charge in [0.05, 0.1) is 13.2 Å². The van der Waals surface area contributed by atoms with Crippen molar-refractivity contribution in [2.24, 2.45) is 0 Å². The Morgan fingerprint density at radius 3 is 2.81 bits per heavy atom. The van der Waals surface area contributed by atoms with Gasteiger partial charge in [0.1, 0.15) is 5.52 Å². The molecule has 1 fully saturated rings. The van der Waals surface area contributed by atoms with Crippen LogP contribution in [0.5, 0.6) is 0 Å². The fourth-order valence-electron chi connectivity index (χ4n) is 2.95. The number of carbonyl (C=O) groups excluding carboxylic acids is 1. The summed E-state index contributed by atoms with van der Waals surface area (Å²) in [6.45, 7) is 3.11. The second-order valence-electron chi connectivity index (χ2n) is 5.99. The van der Waals surface area contributed by atoms with E-state index in [1.165, 1.54) is 0 Å². The molecule has 9 heteroatoms. The highest BCUT2D eigenvalue weighted by Crippen LogP contribution is 2.30. The first-order valence-electron chi connectivity index (χ1n) is 8.21. The van der Waals surface area contributed by atoms with Crippen LogP contribution in [0.1, 0.15) is 24.7 Å². The van der Waals surface area contributed by atoms with Crippen molar-refractivity contribution in [1.82, 2.24) is 15.2 Å². The standard InChI is InChI=1S/C17H22ClN3O3.2ClH/c1-23-9-6-19-11-16(22)21-7-4-12(5-8-21)17-20-14-10-13(18)2-3-15(14)24-17;;/h2-3,10,12,19H,4-9,11H2,1H3;2*1H. The second kappa shape index (κ2) is 10.9. The molecule has 2 heterocycles. The third kappa shape index (κ3) is 5.72. The van der Waals surface area contributed by atoms with Gasteiger partial charge >= 0.3 is 0 Å². The van der Waals surface area contributed by atoms with E-state index in [0.717, 1.165) is 42.9 Å². The molecule has 0 unspecified atom stereocenters. The minimum atomic E-state index is 0. The normalized spacial score (nSPS) is 14.8. The van der Waals surface area contributed by atoms with E-state index in [0.29, 0.717) is 24.7 Å². The molecule has 1 aliphatic rings. The minimum absolute atomic E-state index is 0. The second-order valence-corrected chi connectivity index (χ2v) is 6.43. The molecule has 1 aromatic heterocycles. The molecule has 2 aromatic rings. The Morgan fingerprint density at radius 2 is 2.12 bits per heavy atom.